The van der Waals surface area contributed by atoms with E-state index >= 15 is 0 Å². The van der Waals surface area contributed by atoms with Crippen molar-refractivity contribution in [2.75, 3.05) is 5.32 Å². The van der Waals surface area contributed by atoms with Crippen molar-refractivity contribution in [3.63, 3.8) is 0 Å². The van der Waals surface area contributed by atoms with Gasteiger partial charge in [0.25, 0.3) is 5.91 Å². The molecule has 4 nitrogen and oxygen atoms in total. The van der Waals surface area contributed by atoms with Crippen LogP contribution in [0.1, 0.15) is 27.7 Å². The van der Waals surface area contributed by atoms with Gasteiger partial charge in [0.1, 0.15) is 6.17 Å². The third-order valence-corrected chi connectivity index (χ3v) is 6.47. The summed E-state index contributed by atoms with van der Waals surface area (Å²) in [4.78, 5) is 15.5. The van der Waals surface area contributed by atoms with Crippen molar-refractivity contribution in [3.8, 4) is 0 Å². The molecule has 4 heteroatoms. The van der Waals surface area contributed by atoms with Gasteiger partial charge in [0.15, 0.2) is 0 Å². The van der Waals surface area contributed by atoms with Crippen LogP contribution in [0.5, 0.6) is 0 Å². The van der Waals surface area contributed by atoms with E-state index in [0.717, 1.165) is 16.8 Å². The van der Waals surface area contributed by atoms with Crippen molar-refractivity contribution < 1.29 is 4.79 Å². The molecule has 1 amide bonds. The van der Waals surface area contributed by atoms with E-state index in [9.17, 15) is 4.79 Å². The maximum atomic E-state index is 13.6. The quantitative estimate of drug-likeness (QED) is 0.385. The summed E-state index contributed by atoms with van der Waals surface area (Å²) in [5, 5.41) is 6.06. The van der Waals surface area contributed by atoms with Gasteiger partial charge in [-0.2, -0.15) is 0 Å². The Hall–Kier alpha value is -4.05. The van der Waals surface area contributed by atoms with Gasteiger partial charge in [0, 0.05) is 41.1 Å². The van der Waals surface area contributed by atoms with Gasteiger partial charge >= 0.3 is 0 Å². The molecule has 1 aromatic heterocycles. The Morgan fingerprint density at radius 3 is 2.38 bits per heavy atom. The molecule has 2 heterocycles. The molecule has 5 aromatic rings. The van der Waals surface area contributed by atoms with Gasteiger partial charge in [-0.05, 0) is 41.5 Å². The molecule has 32 heavy (non-hydrogen) atoms. The summed E-state index contributed by atoms with van der Waals surface area (Å²) < 4.78 is 2.23. The predicted octanol–water partition coefficient (Wildman–Crippen LogP) is 6.10. The van der Waals surface area contributed by atoms with Gasteiger partial charge in [-0.25, -0.2) is 0 Å². The van der Waals surface area contributed by atoms with Crippen molar-refractivity contribution in [3.05, 3.63) is 114 Å². The van der Waals surface area contributed by atoms with Crippen molar-refractivity contribution in [2.45, 2.75) is 12.7 Å². The summed E-state index contributed by atoms with van der Waals surface area (Å²) in [6.45, 7) is 0.541. The second kappa shape index (κ2) is 7.27. The van der Waals surface area contributed by atoms with Gasteiger partial charge in [-0.3, -0.25) is 4.79 Å². The second-order valence-corrected chi connectivity index (χ2v) is 8.36. The number of anilines is 1. The van der Waals surface area contributed by atoms with E-state index in [0.29, 0.717) is 12.1 Å². The van der Waals surface area contributed by atoms with Crippen LogP contribution in [-0.4, -0.2) is 15.4 Å². The third-order valence-electron chi connectivity index (χ3n) is 6.47. The maximum Gasteiger partial charge on any atom is 0.258 e. The van der Waals surface area contributed by atoms with Crippen molar-refractivity contribution in [2.24, 2.45) is 7.05 Å². The Kier molecular flexibility index (Phi) is 4.25. The fourth-order valence-corrected chi connectivity index (χ4v) is 4.85. The Bertz CT molecular complexity index is 1470. The highest BCUT2D eigenvalue weighted by Crippen LogP contribution is 2.37. The summed E-state index contributed by atoms with van der Waals surface area (Å²) in [7, 11) is 2.10. The number of hydrogen-bond acceptors (Lipinski definition) is 2. The largest absolute Gasteiger partial charge is 0.361 e. The summed E-state index contributed by atoms with van der Waals surface area (Å²) in [6.07, 6.45) is -0.249. The number of fused-ring (bicyclic) bond motifs is 4. The summed E-state index contributed by atoms with van der Waals surface area (Å²) >= 11 is 0. The van der Waals surface area contributed by atoms with Gasteiger partial charge < -0.3 is 14.8 Å². The number of carbonyl (C=O) groups excluding carboxylic acids is 1. The minimum atomic E-state index is -0.249. The first-order valence-corrected chi connectivity index (χ1v) is 10.9. The predicted molar refractivity (Wildman–Crippen MR) is 130 cm³/mol. The first-order chi connectivity index (χ1) is 15.7. The number of aryl methyl sites for hydroxylation is 1. The van der Waals surface area contributed by atoms with Crippen LogP contribution in [0, 0.1) is 0 Å². The van der Waals surface area contributed by atoms with Crippen LogP contribution in [0.25, 0.3) is 21.8 Å². The fourth-order valence-electron chi connectivity index (χ4n) is 4.85. The molecule has 0 aliphatic carbocycles. The molecule has 1 N–H and O–H groups in total. The molecule has 156 valence electrons. The minimum absolute atomic E-state index is 0.0474. The molecule has 0 radical (unpaired) electrons. The lowest BCUT2D eigenvalue weighted by Gasteiger charge is -2.38. The smallest absolute Gasteiger partial charge is 0.258 e. The highest BCUT2D eigenvalue weighted by molar-refractivity contribution is 6.08. The standard InChI is InChI=1S/C28H23N3O/c1-30-25-14-8-6-11-21(25)23-17-20(15-16-26(23)30)27-29-24-13-7-5-12-22(24)28(32)31(27)18-19-9-3-2-4-10-19/h2-17,27,29H,18H2,1H3. The number of benzene rings is 4. The Balaban J connectivity index is 1.50. The van der Waals surface area contributed by atoms with Crippen LogP contribution in [0.3, 0.4) is 0 Å². The molecule has 1 unspecified atom stereocenters. The van der Waals surface area contributed by atoms with Crippen LogP contribution in [0.2, 0.25) is 0 Å². The number of nitrogens with one attached hydrogen (secondary N) is 1. The molecule has 6 rings (SSSR count). The lowest BCUT2D eigenvalue weighted by Crippen LogP contribution is -2.42. The van der Waals surface area contributed by atoms with Crippen molar-refractivity contribution in [1.82, 2.24) is 9.47 Å². The van der Waals surface area contributed by atoms with E-state index in [1.54, 1.807) is 0 Å². The van der Waals surface area contributed by atoms with Crippen molar-refractivity contribution in [1.29, 1.82) is 0 Å². The molecule has 0 spiro atoms. The monoisotopic (exact) mass is 417 g/mol. The molecule has 1 atom stereocenters. The van der Waals surface area contributed by atoms with Crippen LogP contribution >= 0.6 is 0 Å². The van der Waals surface area contributed by atoms with Crippen LogP contribution < -0.4 is 5.32 Å². The Morgan fingerprint density at radius 2 is 1.50 bits per heavy atom. The van der Waals surface area contributed by atoms with E-state index in [-0.39, 0.29) is 12.1 Å². The Morgan fingerprint density at radius 1 is 0.781 bits per heavy atom. The average molecular weight is 418 g/mol. The zero-order valence-corrected chi connectivity index (χ0v) is 17.8. The first kappa shape index (κ1) is 18.7. The zero-order chi connectivity index (χ0) is 21.7. The van der Waals surface area contributed by atoms with Crippen molar-refractivity contribution >= 4 is 33.4 Å². The average Bonchev–Trinajstić information content (AvgIpc) is 3.13. The van der Waals surface area contributed by atoms with Gasteiger partial charge in [-0.15, -0.1) is 0 Å². The lowest BCUT2D eigenvalue weighted by molar-refractivity contribution is 0.0666. The Labute approximate surface area is 186 Å². The maximum absolute atomic E-state index is 13.6. The fraction of sp³-hybridized carbons (Fsp3) is 0.107. The summed E-state index contributed by atoms with van der Waals surface area (Å²) in [5.74, 6) is 0.0474. The van der Waals surface area contributed by atoms with Gasteiger partial charge in [-0.1, -0.05) is 66.7 Å². The van der Waals surface area contributed by atoms with E-state index < -0.39 is 0 Å². The second-order valence-electron chi connectivity index (χ2n) is 8.36. The highest BCUT2D eigenvalue weighted by atomic mass is 16.2. The van der Waals surface area contributed by atoms with Crippen LogP contribution in [-0.2, 0) is 13.6 Å². The number of carbonyl (C=O) groups is 1. The number of rotatable bonds is 3. The summed E-state index contributed by atoms with van der Waals surface area (Å²) in [5.41, 5.74) is 6.17. The van der Waals surface area contributed by atoms with Gasteiger partial charge in [0.2, 0.25) is 0 Å². The highest BCUT2D eigenvalue weighted by Gasteiger charge is 2.33. The van der Waals surface area contributed by atoms with E-state index in [4.69, 9.17) is 0 Å². The molecule has 4 aromatic carbocycles. The number of aromatic nitrogens is 1. The third kappa shape index (κ3) is 2.88. The summed E-state index contributed by atoms with van der Waals surface area (Å²) in [6, 6.07) is 32.9. The molecule has 1 aliphatic rings. The van der Waals surface area contributed by atoms with E-state index in [2.05, 4.69) is 71.5 Å². The van der Waals surface area contributed by atoms with Crippen LogP contribution in [0.4, 0.5) is 5.69 Å². The van der Waals surface area contributed by atoms with E-state index in [1.165, 1.54) is 21.8 Å². The molecule has 0 saturated heterocycles. The zero-order valence-electron chi connectivity index (χ0n) is 17.8. The minimum Gasteiger partial charge on any atom is -0.361 e. The van der Waals surface area contributed by atoms with E-state index in [1.807, 2.05) is 47.4 Å². The molecular formula is C28H23N3O. The molecule has 0 saturated carbocycles. The topological polar surface area (TPSA) is 37.3 Å². The normalized spacial score (nSPS) is 15.7. The molecule has 0 bridgehead atoms. The molecular weight excluding hydrogens is 394 g/mol. The molecule has 0 fully saturated rings. The van der Waals surface area contributed by atoms with Crippen LogP contribution in [0.15, 0.2) is 97.1 Å². The molecule has 1 aliphatic heterocycles. The SMILES string of the molecule is Cn1c2ccccc2c2cc(C3Nc4ccccc4C(=O)N3Cc3ccccc3)ccc21. The number of nitrogens with zero attached hydrogens (tertiary/aromatic N) is 2. The number of amides is 1. The lowest BCUT2D eigenvalue weighted by atomic mass is 10.0. The first-order valence-electron chi connectivity index (χ1n) is 10.9. The number of para-hydroxylation sites is 2. The van der Waals surface area contributed by atoms with Gasteiger partial charge in [0.05, 0.1) is 5.56 Å². The number of hydrogen-bond donors (Lipinski definition) is 1.